The van der Waals surface area contributed by atoms with Crippen LogP contribution in [0.2, 0.25) is 5.02 Å². The molecule has 16 heavy (non-hydrogen) atoms. The lowest BCUT2D eigenvalue weighted by Gasteiger charge is -2.05. The van der Waals surface area contributed by atoms with Crippen molar-refractivity contribution in [2.45, 2.75) is 13.5 Å². The van der Waals surface area contributed by atoms with Crippen molar-refractivity contribution in [3.05, 3.63) is 46.4 Å². The average molecular weight is 240 g/mol. The number of nitrogen functional groups attached to an aromatic ring is 1. The Morgan fingerprint density at radius 1 is 1.44 bits per heavy atom. The smallest absolute Gasteiger partial charge is 0.128 e. The largest absolute Gasteiger partial charge is 0.384 e. The van der Waals surface area contributed by atoms with Gasteiger partial charge < -0.3 is 5.73 Å². The fourth-order valence-electron chi connectivity index (χ4n) is 1.52. The van der Waals surface area contributed by atoms with Gasteiger partial charge in [-0.05, 0) is 25.1 Å². The maximum Gasteiger partial charge on any atom is 0.128 e. The van der Waals surface area contributed by atoms with Crippen molar-refractivity contribution < 1.29 is 4.39 Å². The molecule has 2 aromatic rings. The molecule has 0 aliphatic heterocycles. The van der Waals surface area contributed by atoms with Crippen molar-refractivity contribution in [1.82, 2.24) is 9.78 Å². The van der Waals surface area contributed by atoms with Crippen LogP contribution in [0.4, 0.5) is 10.2 Å². The van der Waals surface area contributed by atoms with Gasteiger partial charge in [0.15, 0.2) is 0 Å². The monoisotopic (exact) mass is 239 g/mol. The first-order valence-electron chi connectivity index (χ1n) is 4.80. The van der Waals surface area contributed by atoms with Crippen LogP contribution >= 0.6 is 11.6 Å². The molecule has 1 aromatic carbocycles. The lowest BCUT2D eigenvalue weighted by Crippen LogP contribution is -2.07. The van der Waals surface area contributed by atoms with E-state index in [0.717, 1.165) is 5.69 Å². The minimum Gasteiger partial charge on any atom is -0.384 e. The van der Waals surface area contributed by atoms with E-state index in [2.05, 4.69) is 5.10 Å². The fraction of sp³-hybridized carbons (Fsp3) is 0.182. The standard InChI is InChI=1S/C11H11ClFN3/c1-7-4-11(14)16(15-7)6-8-5-9(12)2-3-10(8)13/h2-5H,6,14H2,1H3. The Hall–Kier alpha value is -1.55. The van der Waals surface area contributed by atoms with Gasteiger partial charge in [-0.1, -0.05) is 11.6 Å². The van der Waals surface area contributed by atoms with E-state index in [-0.39, 0.29) is 12.4 Å². The van der Waals surface area contributed by atoms with Gasteiger partial charge >= 0.3 is 0 Å². The molecule has 0 bridgehead atoms. The minimum atomic E-state index is -0.308. The maximum absolute atomic E-state index is 13.5. The maximum atomic E-state index is 13.5. The van der Waals surface area contributed by atoms with Gasteiger partial charge in [0.05, 0.1) is 12.2 Å². The van der Waals surface area contributed by atoms with Crippen molar-refractivity contribution in [2.75, 3.05) is 5.73 Å². The third kappa shape index (κ3) is 2.17. The van der Waals surface area contributed by atoms with E-state index in [9.17, 15) is 4.39 Å². The molecule has 2 N–H and O–H groups in total. The number of nitrogens with zero attached hydrogens (tertiary/aromatic N) is 2. The first-order chi connectivity index (χ1) is 7.56. The number of halogens is 2. The van der Waals surface area contributed by atoms with Crippen LogP contribution in [0.15, 0.2) is 24.3 Å². The minimum absolute atomic E-state index is 0.284. The molecule has 1 aromatic heterocycles. The summed E-state index contributed by atoms with van der Waals surface area (Å²) < 4.78 is 15.0. The van der Waals surface area contributed by atoms with E-state index in [1.54, 1.807) is 16.8 Å². The topological polar surface area (TPSA) is 43.8 Å². The number of aryl methyl sites for hydroxylation is 1. The highest BCUT2D eigenvalue weighted by atomic mass is 35.5. The predicted molar refractivity (Wildman–Crippen MR) is 61.9 cm³/mol. The van der Waals surface area contributed by atoms with Crippen LogP contribution in [-0.2, 0) is 6.54 Å². The molecule has 84 valence electrons. The van der Waals surface area contributed by atoms with Crippen molar-refractivity contribution in [3.63, 3.8) is 0 Å². The number of rotatable bonds is 2. The molecular weight excluding hydrogens is 229 g/mol. The summed E-state index contributed by atoms with van der Waals surface area (Å²) in [6, 6.07) is 6.16. The van der Waals surface area contributed by atoms with E-state index in [0.29, 0.717) is 16.4 Å². The van der Waals surface area contributed by atoms with Gasteiger partial charge in [0.1, 0.15) is 11.6 Å². The van der Waals surface area contributed by atoms with Crippen LogP contribution in [0.25, 0.3) is 0 Å². The SMILES string of the molecule is Cc1cc(N)n(Cc2cc(Cl)ccc2F)n1. The molecule has 0 amide bonds. The van der Waals surface area contributed by atoms with E-state index in [1.165, 1.54) is 12.1 Å². The number of nitrogens with two attached hydrogens (primary N) is 1. The van der Waals surface area contributed by atoms with E-state index < -0.39 is 0 Å². The van der Waals surface area contributed by atoms with Crippen molar-refractivity contribution >= 4 is 17.4 Å². The highest BCUT2D eigenvalue weighted by molar-refractivity contribution is 6.30. The molecule has 0 aliphatic carbocycles. The van der Waals surface area contributed by atoms with Gasteiger partial charge in [0.25, 0.3) is 0 Å². The van der Waals surface area contributed by atoms with Gasteiger partial charge in [0.2, 0.25) is 0 Å². The Kier molecular flexibility index (Phi) is 2.83. The lowest BCUT2D eigenvalue weighted by molar-refractivity contribution is 0.586. The van der Waals surface area contributed by atoms with Crippen molar-refractivity contribution in [1.29, 1.82) is 0 Å². The van der Waals surface area contributed by atoms with Crippen LogP contribution in [0.5, 0.6) is 0 Å². The second kappa shape index (κ2) is 4.14. The van der Waals surface area contributed by atoms with Gasteiger partial charge in [-0.15, -0.1) is 0 Å². The Morgan fingerprint density at radius 3 is 2.81 bits per heavy atom. The molecule has 0 atom stereocenters. The lowest BCUT2D eigenvalue weighted by atomic mass is 10.2. The second-order valence-electron chi connectivity index (χ2n) is 3.60. The summed E-state index contributed by atoms with van der Waals surface area (Å²) in [5.74, 6) is 0.203. The summed E-state index contributed by atoms with van der Waals surface area (Å²) in [4.78, 5) is 0. The molecule has 0 saturated heterocycles. The molecule has 1 heterocycles. The number of hydrogen-bond acceptors (Lipinski definition) is 2. The molecule has 0 saturated carbocycles. The number of hydrogen-bond donors (Lipinski definition) is 1. The van der Waals surface area contributed by atoms with E-state index >= 15 is 0 Å². The van der Waals surface area contributed by atoms with E-state index in [4.69, 9.17) is 17.3 Å². The van der Waals surface area contributed by atoms with Crippen LogP contribution in [0, 0.1) is 12.7 Å². The number of benzene rings is 1. The van der Waals surface area contributed by atoms with Crippen molar-refractivity contribution in [2.24, 2.45) is 0 Å². The van der Waals surface area contributed by atoms with Gasteiger partial charge in [0, 0.05) is 16.7 Å². The highest BCUT2D eigenvalue weighted by Crippen LogP contribution is 2.17. The first-order valence-corrected chi connectivity index (χ1v) is 5.18. The molecule has 3 nitrogen and oxygen atoms in total. The van der Waals surface area contributed by atoms with Crippen LogP contribution in [-0.4, -0.2) is 9.78 Å². The van der Waals surface area contributed by atoms with E-state index in [1.807, 2.05) is 6.92 Å². The molecule has 0 radical (unpaired) electrons. The summed E-state index contributed by atoms with van der Waals surface area (Å²) in [6.07, 6.45) is 0. The molecule has 0 aliphatic rings. The Morgan fingerprint density at radius 2 is 2.19 bits per heavy atom. The fourth-order valence-corrected chi connectivity index (χ4v) is 1.71. The highest BCUT2D eigenvalue weighted by Gasteiger charge is 2.07. The van der Waals surface area contributed by atoms with Gasteiger partial charge in [-0.2, -0.15) is 5.10 Å². The number of anilines is 1. The Labute approximate surface area is 97.6 Å². The van der Waals surface area contributed by atoms with Crippen LogP contribution in [0.3, 0.4) is 0 Å². The Balaban J connectivity index is 2.33. The summed E-state index contributed by atoms with van der Waals surface area (Å²) >= 11 is 5.80. The van der Waals surface area contributed by atoms with Crippen LogP contribution in [0.1, 0.15) is 11.3 Å². The zero-order chi connectivity index (χ0) is 11.7. The molecular formula is C11H11ClFN3. The third-order valence-electron chi connectivity index (χ3n) is 2.26. The summed E-state index contributed by atoms with van der Waals surface area (Å²) in [5, 5.41) is 4.66. The van der Waals surface area contributed by atoms with Gasteiger partial charge in [-0.25, -0.2) is 9.07 Å². The third-order valence-corrected chi connectivity index (χ3v) is 2.50. The summed E-state index contributed by atoms with van der Waals surface area (Å²) in [7, 11) is 0. The summed E-state index contributed by atoms with van der Waals surface area (Å²) in [6.45, 7) is 2.12. The second-order valence-corrected chi connectivity index (χ2v) is 4.04. The average Bonchev–Trinajstić information content (AvgIpc) is 2.51. The number of aromatic nitrogens is 2. The molecule has 0 fully saturated rings. The van der Waals surface area contributed by atoms with Crippen molar-refractivity contribution in [3.8, 4) is 0 Å². The Bertz CT molecular complexity index is 522. The zero-order valence-electron chi connectivity index (χ0n) is 8.74. The quantitative estimate of drug-likeness (QED) is 0.876. The molecule has 5 heteroatoms. The molecule has 2 rings (SSSR count). The predicted octanol–water partition coefficient (Wildman–Crippen LogP) is 2.61. The summed E-state index contributed by atoms with van der Waals surface area (Å²) in [5.41, 5.74) is 7.00. The molecule has 0 spiro atoms. The van der Waals surface area contributed by atoms with Crippen LogP contribution < -0.4 is 5.73 Å². The van der Waals surface area contributed by atoms with Gasteiger partial charge in [-0.3, -0.25) is 0 Å². The zero-order valence-corrected chi connectivity index (χ0v) is 9.50. The molecule has 0 unspecified atom stereocenters. The first kappa shape index (κ1) is 11.0. The normalized spacial score (nSPS) is 10.7.